The molecule has 1 fully saturated rings. The highest BCUT2D eigenvalue weighted by Crippen LogP contribution is 2.52. The van der Waals surface area contributed by atoms with Gasteiger partial charge in [0.2, 0.25) is 5.88 Å². The quantitative estimate of drug-likeness (QED) is 0.799. The maximum Gasteiger partial charge on any atom is 0.227 e. The molecule has 0 atom stereocenters. The summed E-state index contributed by atoms with van der Waals surface area (Å²) < 4.78 is 19.8. The Morgan fingerprint density at radius 2 is 2.14 bits per heavy atom. The second kappa shape index (κ2) is 4.21. The lowest BCUT2D eigenvalue weighted by molar-refractivity contribution is 0.307. The number of alkyl halides is 1. The molecule has 3 aromatic heterocycles. The fraction of sp³-hybridized carbons (Fsp3) is 0.286. The minimum atomic E-state index is -1.41. The zero-order valence-electron chi connectivity index (χ0n) is 11.3. The molecule has 3 heterocycles. The van der Waals surface area contributed by atoms with Crippen LogP contribution in [0, 0.1) is 0 Å². The summed E-state index contributed by atoms with van der Waals surface area (Å²) in [5.41, 5.74) is 0.896. The first kappa shape index (κ1) is 12.2. The van der Waals surface area contributed by atoms with Gasteiger partial charge in [-0.15, -0.1) is 0 Å². The van der Waals surface area contributed by atoms with Crippen LogP contribution in [0.15, 0.2) is 24.8 Å². The summed E-state index contributed by atoms with van der Waals surface area (Å²) in [7, 11) is 1.49. The molecule has 4 rings (SSSR count). The zero-order valence-corrected chi connectivity index (χ0v) is 11.3. The van der Waals surface area contributed by atoms with Crippen LogP contribution in [-0.2, 0) is 5.67 Å². The Hall–Kier alpha value is -2.57. The van der Waals surface area contributed by atoms with Gasteiger partial charge in [0.1, 0.15) is 11.9 Å². The van der Waals surface area contributed by atoms with Gasteiger partial charge in [0.25, 0.3) is 0 Å². The summed E-state index contributed by atoms with van der Waals surface area (Å²) in [6.07, 6.45) is 5.65. The van der Waals surface area contributed by atoms with E-state index >= 15 is 0 Å². The highest BCUT2D eigenvalue weighted by molar-refractivity contribution is 5.77. The Morgan fingerprint density at radius 3 is 2.90 bits per heavy atom. The van der Waals surface area contributed by atoms with Crippen molar-refractivity contribution in [3.05, 3.63) is 30.5 Å². The summed E-state index contributed by atoms with van der Waals surface area (Å²) in [4.78, 5) is 19.9. The van der Waals surface area contributed by atoms with E-state index in [1.807, 2.05) is 6.07 Å². The molecule has 0 amide bonds. The molecule has 0 unspecified atom stereocenters. The van der Waals surface area contributed by atoms with Crippen molar-refractivity contribution in [2.75, 3.05) is 7.11 Å². The topological polar surface area (TPSA) is 76.6 Å². The Morgan fingerprint density at radius 1 is 1.29 bits per heavy atom. The summed E-state index contributed by atoms with van der Waals surface area (Å²) >= 11 is 0. The van der Waals surface area contributed by atoms with Gasteiger partial charge in [0.05, 0.1) is 30.0 Å². The van der Waals surface area contributed by atoms with Crippen LogP contribution in [-0.4, -0.2) is 32.0 Å². The number of fused-ring (bicyclic) bond motifs is 1. The molecule has 1 N–H and O–H groups in total. The van der Waals surface area contributed by atoms with Crippen LogP contribution in [0.2, 0.25) is 0 Å². The van der Waals surface area contributed by atoms with E-state index in [2.05, 4.69) is 24.9 Å². The van der Waals surface area contributed by atoms with Gasteiger partial charge in [-0.25, -0.2) is 24.3 Å². The number of hydrogen-bond donors (Lipinski definition) is 1. The number of aromatic amines is 1. The fourth-order valence-electron chi connectivity index (χ4n) is 2.38. The van der Waals surface area contributed by atoms with E-state index in [1.165, 1.54) is 13.4 Å². The van der Waals surface area contributed by atoms with Crippen molar-refractivity contribution >= 4 is 11.0 Å². The number of nitrogens with zero attached hydrogens (tertiary/aromatic N) is 4. The van der Waals surface area contributed by atoms with Crippen LogP contribution in [0.5, 0.6) is 5.88 Å². The molecule has 0 radical (unpaired) electrons. The van der Waals surface area contributed by atoms with Crippen molar-refractivity contribution in [1.82, 2.24) is 24.9 Å². The lowest BCUT2D eigenvalue weighted by Gasteiger charge is -2.12. The average molecular weight is 285 g/mol. The number of aromatic nitrogens is 5. The number of hydrogen-bond acceptors (Lipinski definition) is 5. The maximum absolute atomic E-state index is 14.5. The van der Waals surface area contributed by atoms with E-state index in [9.17, 15) is 4.39 Å². The van der Waals surface area contributed by atoms with Crippen LogP contribution < -0.4 is 4.74 Å². The minimum Gasteiger partial charge on any atom is -0.480 e. The maximum atomic E-state index is 14.5. The second-order valence-corrected chi connectivity index (χ2v) is 5.04. The normalized spacial score (nSPS) is 16.1. The standard InChI is InChI=1S/C14H12FN5O/c1-21-13-10(11(18-7-19-13)14(15)3-4-14)12-17-6-9-8(20-12)2-5-16-9/h2,5-7,16H,3-4H2,1H3. The molecular formula is C14H12FN5O. The molecule has 1 saturated carbocycles. The molecule has 21 heavy (non-hydrogen) atoms. The van der Waals surface area contributed by atoms with Crippen molar-refractivity contribution in [2.45, 2.75) is 18.5 Å². The van der Waals surface area contributed by atoms with E-state index in [0.29, 0.717) is 35.8 Å². The van der Waals surface area contributed by atoms with Gasteiger partial charge in [-0.1, -0.05) is 0 Å². The van der Waals surface area contributed by atoms with Crippen molar-refractivity contribution in [2.24, 2.45) is 0 Å². The third-order valence-corrected chi connectivity index (χ3v) is 3.64. The van der Waals surface area contributed by atoms with E-state index in [4.69, 9.17) is 4.74 Å². The van der Waals surface area contributed by atoms with Crippen LogP contribution in [0.1, 0.15) is 18.5 Å². The molecule has 0 aliphatic heterocycles. The molecule has 0 bridgehead atoms. The monoisotopic (exact) mass is 285 g/mol. The SMILES string of the molecule is COc1ncnc(C2(F)CC2)c1-c1ncc2[nH]ccc2n1. The summed E-state index contributed by atoms with van der Waals surface area (Å²) in [6.45, 7) is 0. The van der Waals surface area contributed by atoms with E-state index in [0.717, 1.165) is 11.0 Å². The number of ether oxygens (including phenoxy) is 1. The number of H-pyrrole nitrogens is 1. The predicted molar refractivity (Wildman–Crippen MR) is 73.5 cm³/mol. The third-order valence-electron chi connectivity index (χ3n) is 3.64. The van der Waals surface area contributed by atoms with Crippen LogP contribution >= 0.6 is 0 Å². The fourth-order valence-corrected chi connectivity index (χ4v) is 2.38. The summed E-state index contributed by atoms with van der Waals surface area (Å²) in [5.74, 6) is 0.664. The summed E-state index contributed by atoms with van der Waals surface area (Å²) in [6, 6.07) is 1.83. The molecule has 106 valence electrons. The molecule has 3 aromatic rings. The lowest BCUT2D eigenvalue weighted by atomic mass is 10.1. The van der Waals surface area contributed by atoms with E-state index in [1.54, 1.807) is 12.4 Å². The first-order valence-electron chi connectivity index (χ1n) is 6.60. The van der Waals surface area contributed by atoms with Crippen LogP contribution in [0.4, 0.5) is 4.39 Å². The number of nitrogens with one attached hydrogen (secondary N) is 1. The highest BCUT2D eigenvalue weighted by Gasteiger charge is 2.49. The number of halogens is 1. The highest BCUT2D eigenvalue weighted by atomic mass is 19.1. The number of rotatable bonds is 3. The molecule has 6 nitrogen and oxygen atoms in total. The molecule has 1 aliphatic rings. The smallest absolute Gasteiger partial charge is 0.227 e. The van der Waals surface area contributed by atoms with Crippen molar-refractivity contribution in [3.8, 4) is 17.3 Å². The zero-order chi connectivity index (χ0) is 14.4. The van der Waals surface area contributed by atoms with Gasteiger partial charge in [0, 0.05) is 6.20 Å². The van der Waals surface area contributed by atoms with Gasteiger partial charge in [-0.2, -0.15) is 0 Å². The largest absolute Gasteiger partial charge is 0.480 e. The molecule has 0 spiro atoms. The Bertz CT molecular complexity index is 827. The van der Waals surface area contributed by atoms with Crippen LogP contribution in [0.3, 0.4) is 0 Å². The Balaban J connectivity index is 1.97. The lowest BCUT2D eigenvalue weighted by Crippen LogP contribution is -2.08. The first-order chi connectivity index (χ1) is 10.2. The van der Waals surface area contributed by atoms with Crippen molar-refractivity contribution in [3.63, 3.8) is 0 Å². The van der Waals surface area contributed by atoms with Crippen molar-refractivity contribution < 1.29 is 9.13 Å². The first-order valence-corrected chi connectivity index (χ1v) is 6.60. The molecule has 1 aliphatic carbocycles. The average Bonchev–Trinajstić information content (AvgIpc) is 3.10. The molecule has 7 heteroatoms. The van der Waals surface area contributed by atoms with Gasteiger partial charge in [0.15, 0.2) is 11.5 Å². The van der Waals surface area contributed by atoms with Gasteiger partial charge in [-0.3, -0.25) is 0 Å². The third kappa shape index (κ3) is 1.84. The van der Waals surface area contributed by atoms with Gasteiger partial charge < -0.3 is 9.72 Å². The van der Waals surface area contributed by atoms with Gasteiger partial charge in [-0.05, 0) is 18.9 Å². The predicted octanol–water partition coefficient (Wildman–Crippen LogP) is 2.38. The second-order valence-electron chi connectivity index (χ2n) is 5.04. The minimum absolute atomic E-state index is 0.291. The van der Waals surface area contributed by atoms with Gasteiger partial charge >= 0.3 is 0 Å². The van der Waals surface area contributed by atoms with Crippen LogP contribution in [0.25, 0.3) is 22.4 Å². The van der Waals surface area contributed by atoms with E-state index < -0.39 is 5.67 Å². The summed E-state index contributed by atoms with van der Waals surface area (Å²) in [5, 5.41) is 0. The molecule has 0 saturated heterocycles. The number of methoxy groups -OCH3 is 1. The van der Waals surface area contributed by atoms with Crippen molar-refractivity contribution in [1.29, 1.82) is 0 Å². The molecule has 0 aromatic carbocycles. The Labute approximate surface area is 119 Å². The molecular weight excluding hydrogens is 273 g/mol. The Kier molecular flexibility index (Phi) is 2.44. The van der Waals surface area contributed by atoms with E-state index in [-0.39, 0.29) is 0 Å².